The number of aryl methyl sites for hydroxylation is 1. The number of carbonyl (C=O) groups excluding carboxylic acids is 1. The molecule has 1 atom stereocenters. The predicted molar refractivity (Wildman–Crippen MR) is 120 cm³/mol. The minimum Gasteiger partial charge on any atom is -0.294 e. The number of hydrogen-bond donors (Lipinski definition) is 0. The van der Waals surface area contributed by atoms with Gasteiger partial charge in [-0.2, -0.15) is 0 Å². The van der Waals surface area contributed by atoms with Crippen molar-refractivity contribution in [3.8, 4) is 0 Å². The van der Waals surface area contributed by atoms with Crippen molar-refractivity contribution in [2.75, 3.05) is 0 Å². The number of rotatable bonds is 17. The van der Waals surface area contributed by atoms with Gasteiger partial charge in [0.25, 0.3) is 0 Å². The van der Waals surface area contributed by atoms with E-state index < -0.39 is 0 Å². The van der Waals surface area contributed by atoms with Crippen LogP contribution >= 0.6 is 0 Å². The third-order valence-electron chi connectivity index (χ3n) is 5.83. The van der Waals surface area contributed by atoms with Gasteiger partial charge in [-0.05, 0) is 31.2 Å². The van der Waals surface area contributed by atoms with Crippen molar-refractivity contribution in [2.45, 2.75) is 117 Å². The zero-order chi connectivity index (χ0) is 19.7. The Morgan fingerprint density at radius 3 is 1.74 bits per heavy atom. The van der Waals surface area contributed by atoms with Gasteiger partial charge in [0.05, 0.1) is 0 Å². The summed E-state index contributed by atoms with van der Waals surface area (Å²) in [5.74, 6) is 0.550. The van der Waals surface area contributed by atoms with E-state index in [0.717, 1.165) is 31.2 Å². The molecule has 0 aromatic heterocycles. The largest absolute Gasteiger partial charge is 0.294 e. The highest BCUT2D eigenvalue weighted by Gasteiger charge is 2.17. The maximum atomic E-state index is 12.6. The molecule has 0 saturated carbocycles. The second-order valence-electron chi connectivity index (χ2n) is 8.24. The third kappa shape index (κ3) is 10.7. The number of carbonyl (C=O) groups is 1. The summed E-state index contributed by atoms with van der Waals surface area (Å²) in [6, 6.07) is 8.46. The topological polar surface area (TPSA) is 17.1 Å². The van der Waals surface area contributed by atoms with Gasteiger partial charge in [-0.25, -0.2) is 0 Å². The highest BCUT2D eigenvalue weighted by molar-refractivity contribution is 5.97. The second-order valence-corrected chi connectivity index (χ2v) is 8.24. The fourth-order valence-corrected chi connectivity index (χ4v) is 3.86. The Bertz CT molecular complexity index is 473. The van der Waals surface area contributed by atoms with E-state index in [0.29, 0.717) is 5.78 Å². The average Bonchev–Trinajstić information content (AvgIpc) is 2.70. The zero-order valence-electron chi connectivity index (χ0n) is 18.4. The summed E-state index contributed by atoms with van der Waals surface area (Å²) >= 11 is 0. The first kappa shape index (κ1) is 23.9. The number of hydrogen-bond acceptors (Lipinski definition) is 1. The highest BCUT2D eigenvalue weighted by atomic mass is 16.1. The Kier molecular flexibility index (Phi) is 14.1. The van der Waals surface area contributed by atoms with Gasteiger partial charge in [0.1, 0.15) is 0 Å². The Labute approximate surface area is 169 Å². The molecule has 0 fully saturated rings. The second kappa shape index (κ2) is 15.9. The van der Waals surface area contributed by atoms with Crippen LogP contribution in [0.15, 0.2) is 24.3 Å². The lowest BCUT2D eigenvalue weighted by Crippen LogP contribution is -2.14. The van der Waals surface area contributed by atoms with E-state index >= 15 is 0 Å². The SMILES string of the molecule is CCCCCCCCCCCCc1ccc(C(=O)C(CC)CCCC)cc1. The molecule has 1 rings (SSSR count). The van der Waals surface area contributed by atoms with Gasteiger partial charge in [-0.1, -0.05) is 116 Å². The Hall–Kier alpha value is -1.11. The van der Waals surface area contributed by atoms with Crippen LogP contribution in [0.4, 0.5) is 0 Å². The molecule has 0 bridgehead atoms. The molecule has 1 unspecified atom stereocenters. The van der Waals surface area contributed by atoms with Gasteiger partial charge in [0.2, 0.25) is 0 Å². The molecule has 0 spiro atoms. The molecule has 0 amide bonds. The summed E-state index contributed by atoms with van der Waals surface area (Å²) in [6.07, 6.45) is 19.3. The molecule has 0 aliphatic heterocycles. The van der Waals surface area contributed by atoms with Crippen molar-refractivity contribution >= 4 is 5.78 Å². The quantitative estimate of drug-likeness (QED) is 0.198. The molecule has 154 valence electrons. The van der Waals surface area contributed by atoms with Crippen molar-refractivity contribution in [3.05, 3.63) is 35.4 Å². The Morgan fingerprint density at radius 1 is 0.704 bits per heavy atom. The number of unbranched alkanes of at least 4 members (excludes halogenated alkanes) is 10. The van der Waals surface area contributed by atoms with E-state index in [2.05, 4.69) is 45.0 Å². The average molecular weight is 373 g/mol. The lowest BCUT2D eigenvalue weighted by Gasteiger charge is -2.13. The van der Waals surface area contributed by atoms with Crippen LogP contribution in [-0.2, 0) is 6.42 Å². The summed E-state index contributed by atoms with van der Waals surface area (Å²) in [6.45, 7) is 6.61. The van der Waals surface area contributed by atoms with Crippen LogP contribution in [0.5, 0.6) is 0 Å². The lowest BCUT2D eigenvalue weighted by atomic mass is 9.90. The van der Waals surface area contributed by atoms with E-state index in [-0.39, 0.29) is 5.92 Å². The van der Waals surface area contributed by atoms with Crippen molar-refractivity contribution in [1.29, 1.82) is 0 Å². The van der Waals surface area contributed by atoms with E-state index in [9.17, 15) is 4.79 Å². The van der Waals surface area contributed by atoms with Crippen LogP contribution in [0, 0.1) is 5.92 Å². The smallest absolute Gasteiger partial charge is 0.165 e. The summed E-state index contributed by atoms with van der Waals surface area (Å²) < 4.78 is 0. The zero-order valence-corrected chi connectivity index (χ0v) is 18.4. The van der Waals surface area contributed by atoms with Crippen molar-refractivity contribution in [2.24, 2.45) is 5.92 Å². The molecule has 0 aliphatic carbocycles. The van der Waals surface area contributed by atoms with Gasteiger partial charge in [0.15, 0.2) is 5.78 Å². The highest BCUT2D eigenvalue weighted by Crippen LogP contribution is 2.20. The Balaban J connectivity index is 2.20. The molecule has 27 heavy (non-hydrogen) atoms. The summed E-state index contributed by atoms with van der Waals surface area (Å²) in [7, 11) is 0. The van der Waals surface area contributed by atoms with Gasteiger partial charge in [-0.15, -0.1) is 0 Å². The maximum Gasteiger partial charge on any atom is 0.165 e. The summed E-state index contributed by atoms with van der Waals surface area (Å²) in [4.78, 5) is 12.6. The minimum atomic E-state index is 0.206. The molecular weight excluding hydrogens is 328 g/mol. The van der Waals surface area contributed by atoms with Crippen LogP contribution in [0.2, 0.25) is 0 Å². The monoisotopic (exact) mass is 372 g/mol. The predicted octanol–water partition coefficient (Wildman–Crippen LogP) is 8.55. The van der Waals surface area contributed by atoms with Crippen LogP contribution in [0.25, 0.3) is 0 Å². The van der Waals surface area contributed by atoms with Crippen molar-refractivity contribution < 1.29 is 4.79 Å². The molecule has 0 radical (unpaired) electrons. The molecule has 0 aliphatic rings. The first-order valence-electron chi connectivity index (χ1n) is 11.9. The molecule has 0 saturated heterocycles. The van der Waals surface area contributed by atoms with E-state index in [1.165, 1.54) is 76.2 Å². The van der Waals surface area contributed by atoms with Gasteiger partial charge in [0, 0.05) is 11.5 Å². The van der Waals surface area contributed by atoms with Crippen LogP contribution < -0.4 is 0 Å². The van der Waals surface area contributed by atoms with E-state index in [1.807, 2.05) is 0 Å². The first-order chi connectivity index (χ1) is 13.2. The number of Topliss-reactive ketones (excluding diaryl/α,β-unsaturated/α-hetero) is 1. The fourth-order valence-electron chi connectivity index (χ4n) is 3.86. The molecule has 0 N–H and O–H groups in total. The maximum absolute atomic E-state index is 12.6. The van der Waals surface area contributed by atoms with Gasteiger partial charge < -0.3 is 0 Å². The van der Waals surface area contributed by atoms with E-state index in [4.69, 9.17) is 0 Å². The molecule has 1 aromatic rings. The fraction of sp³-hybridized carbons (Fsp3) is 0.731. The van der Waals surface area contributed by atoms with Crippen molar-refractivity contribution in [3.63, 3.8) is 0 Å². The molecule has 0 heterocycles. The van der Waals surface area contributed by atoms with Crippen LogP contribution in [-0.4, -0.2) is 5.78 Å². The lowest BCUT2D eigenvalue weighted by molar-refractivity contribution is 0.0908. The molecule has 1 nitrogen and oxygen atoms in total. The molecule has 1 aromatic carbocycles. The molecule has 1 heteroatoms. The standard InChI is InChI=1S/C26H44O/c1-4-7-9-10-11-12-13-14-15-16-17-23-19-21-25(22-20-23)26(27)24(6-3)18-8-5-2/h19-22,24H,4-18H2,1-3H3. The third-order valence-corrected chi connectivity index (χ3v) is 5.83. The van der Waals surface area contributed by atoms with Crippen LogP contribution in [0.3, 0.4) is 0 Å². The summed E-state index contributed by atoms with van der Waals surface area (Å²) in [5.41, 5.74) is 2.29. The Morgan fingerprint density at radius 2 is 1.22 bits per heavy atom. The van der Waals surface area contributed by atoms with Crippen LogP contribution in [0.1, 0.15) is 127 Å². The summed E-state index contributed by atoms with van der Waals surface area (Å²) in [5, 5.41) is 0. The van der Waals surface area contributed by atoms with Crippen molar-refractivity contribution in [1.82, 2.24) is 0 Å². The molecular formula is C26H44O. The van der Waals surface area contributed by atoms with Gasteiger partial charge in [-0.3, -0.25) is 4.79 Å². The first-order valence-corrected chi connectivity index (χ1v) is 11.9. The normalized spacial score (nSPS) is 12.3. The number of benzene rings is 1. The van der Waals surface area contributed by atoms with Gasteiger partial charge >= 0.3 is 0 Å². The van der Waals surface area contributed by atoms with E-state index in [1.54, 1.807) is 0 Å². The number of ketones is 1. The minimum absolute atomic E-state index is 0.206.